The fourth-order valence-corrected chi connectivity index (χ4v) is 9.59. The van der Waals surface area contributed by atoms with Crippen LogP contribution in [-0.4, -0.2) is 9.13 Å². The predicted molar refractivity (Wildman–Crippen MR) is 258 cm³/mol. The lowest BCUT2D eigenvalue weighted by molar-refractivity contribution is 1.07. The standard InChI is InChI=1S/C58H39N3/c1-3-20-44(21-4-1)60-53-29-12-11-26-52(53)56-57-54(30-15-31-55(57)61(58(56)60)45-22-5-2-6-23-45)59(46-36-32-42(33-37-46)50-27-13-18-40-16-7-9-24-48(40)50)47-38-34-43(35-39-47)51-28-14-19-41-17-8-10-25-49(41)51/h1-39H. The van der Waals surface area contributed by atoms with E-state index in [0.29, 0.717) is 0 Å². The van der Waals surface area contributed by atoms with Gasteiger partial charge in [0.2, 0.25) is 0 Å². The molecule has 0 amide bonds. The Labute approximate surface area is 354 Å². The van der Waals surface area contributed by atoms with Gasteiger partial charge in [-0.1, -0.05) is 170 Å². The molecule has 12 rings (SSSR count). The lowest BCUT2D eigenvalue weighted by Gasteiger charge is -2.27. The monoisotopic (exact) mass is 777 g/mol. The molecular formula is C58H39N3. The van der Waals surface area contributed by atoms with Crippen LogP contribution in [0, 0.1) is 0 Å². The zero-order valence-corrected chi connectivity index (χ0v) is 33.4. The molecule has 0 saturated carbocycles. The quantitative estimate of drug-likeness (QED) is 0.157. The van der Waals surface area contributed by atoms with Crippen molar-refractivity contribution in [3.63, 3.8) is 0 Å². The fourth-order valence-electron chi connectivity index (χ4n) is 9.59. The first-order chi connectivity index (χ1) is 30.3. The highest BCUT2D eigenvalue weighted by Gasteiger charge is 2.26. The number of rotatable bonds is 7. The number of nitrogens with zero attached hydrogens (tertiary/aromatic N) is 3. The lowest BCUT2D eigenvalue weighted by atomic mass is 9.97. The molecule has 0 spiro atoms. The predicted octanol–water partition coefficient (Wildman–Crippen LogP) is 15.8. The molecule has 0 radical (unpaired) electrons. The summed E-state index contributed by atoms with van der Waals surface area (Å²) in [6, 6.07) is 85.9. The number of benzene rings is 10. The average molecular weight is 778 g/mol. The molecule has 2 heterocycles. The lowest BCUT2D eigenvalue weighted by Crippen LogP contribution is -2.10. The summed E-state index contributed by atoms with van der Waals surface area (Å²) in [4.78, 5) is 2.45. The summed E-state index contributed by atoms with van der Waals surface area (Å²) in [5.74, 6) is 0. The number of anilines is 3. The van der Waals surface area contributed by atoms with E-state index >= 15 is 0 Å². The highest BCUT2D eigenvalue weighted by atomic mass is 15.2. The maximum atomic E-state index is 2.45. The summed E-state index contributed by atoms with van der Waals surface area (Å²) in [6.45, 7) is 0. The van der Waals surface area contributed by atoms with Crippen molar-refractivity contribution in [2.45, 2.75) is 0 Å². The first-order valence-electron chi connectivity index (χ1n) is 20.9. The summed E-state index contributed by atoms with van der Waals surface area (Å²) in [6.07, 6.45) is 0. The molecule has 0 atom stereocenters. The fraction of sp³-hybridized carbons (Fsp3) is 0. The Balaban J connectivity index is 1.13. The van der Waals surface area contributed by atoms with E-state index in [1.165, 1.54) is 65.5 Å². The molecular weight excluding hydrogens is 739 g/mol. The normalized spacial score (nSPS) is 11.6. The minimum atomic E-state index is 1.09. The molecule has 0 aliphatic rings. The van der Waals surface area contributed by atoms with Gasteiger partial charge in [0, 0.05) is 38.9 Å². The van der Waals surface area contributed by atoms with Gasteiger partial charge in [0.05, 0.1) is 16.7 Å². The number of hydrogen-bond donors (Lipinski definition) is 0. The molecule has 0 saturated heterocycles. The Morgan fingerprint density at radius 1 is 0.295 bits per heavy atom. The van der Waals surface area contributed by atoms with Gasteiger partial charge in [-0.15, -0.1) is 0 Å². The average Bonchev–Trinajstić information content (AvgIpc) is 3.85. The van der Waals surface area contributed by atoms with Crippen molar-refractivity contribution >= 4 is 71.4 Å². The van der Waals surface area contributed by atoms with E-state index < -0.39 is 0 Å². The zero-order valence-electron chi connectivity index (χ0n) is 33.4. The summed E-state index contributed by atoms with van der Waals surface area (Å²) < 4.78 is 4.89. The van der Waals surface area contributed by atoms with Gasteiger partial charge in [0.1, 0.15) is 5.65 Å². The van der Waals surface area contributed by atoms with Gasteiger partial charge in [0.15, 0.2) is 0 Å². The van der Waals surface area contributed by atoms with Crippen molar-refractivity contribution in [3.8, 4) is 33.6 Å². The van der Waals surface area contributed by atoms with Crippen LogP contribution in [0.4, 0.5) is 17.1 Å². The highest BCUT2D eigenvalue weighted by Crippen LogP contribution is 2.48. The molecule has 0 N–H and O–H groups in total. The third-order valence-corrected chi connectivity index (χ3v) is 12.3. The smallest absolute Gasteiger partial charge is 0.131 e. The van der Waals surface area contributed by atoms with Crippen molar-refractivity contribution in [2.75, 3.05) is 4.90 Å². The first kappa shape index (κ1) is 34.9. The largest absolute Gasteiger partial charge is 0.310 e. The van der Waals surface area contributed by atoms with E-state index in [1.54, 1.807) is 0 Å². The van der Waals surface area contributed by atoms with E-state index in [-0.39, 0.29) is 0 Å². The Kier molecular flexibility index (Phi) is 8.17. The van der Waals surface area contributed by atoms with Gasteiger partial charge >= 0.3 is 0 Å². The third kappa shape index (κ3) is 5.66. The second-order valence-corrected chi connectivity index (χ2v) is 15.7. The Hall–Kier alpha value is -8.14. The van der Waals surface area contributed by atoms with Crippen LogP contribution in [0.1, 0.15) is 0 Å². The van der Waals surface area contributed by atoms with Gasteiger partial charge in [-0.25, -0.2) is 0 Å². The molecule has 0 unspecified atom stereocenters. The third-order valence-electron chi connectivity index (χ3n) is 12.3. The van der Waals surface area contributed by atoms with Crippen molar-refractivity contribution in [1.29, 1.82) is 0 Å². The Morgan fingerprint density at radius 3 is 1.28 bits per heavy atom. The minimum absolute atomic E-state index is 1.09. The van der Waals surface area contributed by atoms with Crippen LogP contribution >= 0.6 is 0 Å². The van der Waals surface area contributed by atoms with Gasteiger partial charge in [0.25, 0.3) is 0 Å². The van der Waals surface area contributed by atoms with Crippen molar-refractivity contribution in [2.24, 2.45) is 0 Å². The van der Waals surface area contributed by atoms with Crippen LogP contribution < -0.4 is 4.90 Å². The first-order valence-corrected chi connectivity index (χ1v) is 20.9. The summed E-state index contributed by atoms with van der Waals surface area (Å²) in [7, 11) is 0. The second kappa shape index (κ2) is 14.3. The van der Waals surface area contributed by atoms with Crippen LogP contribution in [0.25, 0.3) is 88.0 Å². The van der Waals surface area contributed by atoms with Gasteiger partial charge in [-0.2, -0.15) is 0 Å². The van der Waals surface area contributed by atoms with Crippen LogP contribution in [0.15, 0.2) is 237 Å². The van der Waals surface area contributed by atoms with Gasteiger partial charge in [-0.3, -0.25) is 9.13 Å². The number of fused-ring (bicyclic) bond motifs is 7. The molecule has 3 heteroatoms. The van der Waals surface area contributed by atoms with E-state index in [0.717, 1.165) is 39.6 Å². The van der Waals surface area contributed by atoms with Crippen LogP contribution in [0.2, 0.25) is 0 Å². The Morgan fingerprint density at radius 2 is 0.721 bits per heavy atom. The maximum absolute atomic E-state index is 2.45. The Bertz CT molecular complexity index is 3430. The van der Waals surface area contributed by atoms with E-state index in [1.807, 2.05) is 0 Å². The maximum Gasteiger partial charge on any atom is 0.131 e. The van der Waals surface area contributed by atoms with Crippen molar-refractivity contribution < 1.29 is 0 Å². The second-order valence-electron chi connectivity index (χ2n) is 15.7. The molecule has 61 heavy (non-hydrogen) atoms. The highest BCUT2D eigenvalue weighted by molar-refractivity contribution is 6.26. The van der Waals surface area contributed by atoms with Crippen LogP contribution in [0.5, 0.6) is 0 Å². The SMILES string of the molecule is c1ccc(-n2c3ccccc3c3c4c(N(c5ccc(-c6cccc7ccccc67)cc5)c5ccc(-c6cccc7ccccc67)cc5)cccc4n(-c4ccccc4)c32)cc1. The summed E-state index contributed by atoms with van der Waals surface area (Å²) in [5.41, 5.74) is 13.8. The molecule has 0 bridgehead atoms. The summed E-state index contributed by atoms with van der Waals surface area (Å²) in [5, 5.41) is 8.62. The molecule has 0 aliphatic heterocycles. The van der Waals surface area contributed by atoms with Crippen LogP contribution in [-0.2, 0) is 0 Å². The minimum Gasteiger partial charge on any atom is -0.310 e. The van der Waals surface area contributed by atoms with E-state index in [9.17, 15) is 0 Å². The van der Waals surface area contributed by atoms with Gasteiger partial charge in [-0.05, 0) is 111 Å². The number of aromatic nitrogens is 2. The number of hydrogen-bond acceptors (Lipinski definition) is 1. The molecule has 10 aromatic carbocycles. The molecule has 0 aliphatic carbocycles. The molecule has 3 nitrogen and oxygen atoms in total. The van der Waals surface area contributed by atoms with E-state index in [2.05, 4.69) is 251 Å². The topological polar surface area (TPSA) is 13.1 Å². The number of para-hydroxylation sites is 3. The molecule has 286 valence electrons. The van der Waals surface area contributed by atoms with Crippen molar-refractivity contribution in [1.82, 2.24) is 9.13 Å². The molecule has 12 aromatic rings. The molecule has 2 aromatic heterocycles. The van der Waals surface area contributed by atoms with Crippen molar-refractivity contribution in [3.05, 3.63) is 237 Å². The van der Waals surface area contributed by atoms with Gasteiger partial charge < -0.3 is 4.90 Å². The van der Waals surface area contributed by atoms with E-state index in [4.69, 9.17) is 0 Å². The van der Waals surface area contributed by atoms with Crippen LogP contribution in [0.3, 0.4) is 0 Å². The molecule has 0 fully saturated rings. The summed E-state index contributed by atoms with van der Waals surface area (Å²) >= 11 is 0. The zero-order chi connectivity index (χ0) is 40.3.